The van der Waals surface area contributed by atoms with Gasteiger partial charge in [0.15, 0.2) is 0 Å². The van der Waals surface area contributed by atoms with Crippen LogP contribution in [0.25, 0.3) is 22.4 Å². The summed E-state index contributed by atoms with van der Waals surface area (Å²) in [6.45, 7) is 6.09. The second-order valence-electron chi connectivity index (χ2n) is 8.52. The number of para-hydroxylation sites is 1. The summed E-state index contributed by atoms with van der Waals surface area (Å²) in [6, 6.07) is 25.7. The average Bonchev–Trinajstić information content (AvgIpc) is 2.89. The van der Waals surface area contributed by atoms with Crippen molar-refractivity contribution in [2.45, 2.75) is 32.2 Å². The zero-order valence-electron chi connectivity index (χ0n) is 20.4. The number of pyridine rings is 1. The number of hydrogen-bond acceptors (Lipinski definition) is 4. The van der Waals surface area contributed by atoms with Crippen molar-refractivity contribution in [2.24, 2.45) is 0 Å². The van der Waals surface area contributed by atoms with Crippen LogP contribution < -0.4 is 5.32 Å². The molecule has 0 saturated carbocycles. The van der Waals surface area contributed by atoms with Crippen LogP contribution in [-0.4, -0.2) is 16.6 Å². The number of rotatable bonds is 7. The van der Waals surface area contributed by atoms with Gasteiger partial charge in [-0.1, -0.05) is 90.4 Å². The van der Waals surface area contributed by atoms with Crippen molar-refractivity contribution in [1.29, 1.82) is 5.26 Å². The molecule has 1 aromatic heterocycles. The molecule has 0 saturated heterocycles. The summed E-state index contributed by atoms with van der Waals surface area (Å²) in [5.74, 6) is -0.000181. The highest BCUT2D eigenvalue weighted by molar-refractivity contribution is 8.00. The number of benzene rings is 3. The molecule has 0 atom stereocenters. The first-order valence-electron chi connectivity index (χ1n) is 11.7. The first kappa shape index (κ1) is 25.5. The number of amides is 1. The zero-order chi connectivity index (χ0) is 25.7. The van der Waals surface area contributed by atoms with Crippen LogP contribution in [0.3, 0.4) is 0 Å². The van der Waals surface area contributed by atoms with Gasteiger partial charge in [0.2, 0.25) is 5.91 Å². The Morgan fingerprint density at radius 2 is 1.72 bits per heavy atom. The summed E-state index contributed by atoms with van der Waals surface area (Å²) < 4.78 is 0. The van der Waals surface area contributed by atoms with Crippen molar-refractivity contribution in [1.82, 2.24) is 4.98 Å². The molecule has 0 aliphatic carbocycles. The fourth-order valence-corrected chi connectivity index (χ4v) is 4.90. The molecule has 6 heteroatoms. The van der Waals surface area contributed by atoms with E-state index in [0.29, 0.717) is 15.6 Å². The Bertz CT molecular complexity index is 1440. The van der Waals surface area contributed by atoms with Crippen molar-refractivity contribution >= 4 is 35.0 Å². The molecule has 0 aliphatic heterocycles. The van der Waals surface area contributed by atoms with Gasteiger partial charge in [0.25, 0.3) is 0 Å². The molecule has 1 N–H and O–H groups in total. The molecule has 0 fully saturated rings. The van der Waals surface area contributed by atoms with Crippen LogP contribution in [0.5, 0.6) is 0 Å². The van der Waals surface area contributed by atoms with E-state index in [1.54, 1.807) is 12.1 Å². The number of nitrogens with one attached hydrogen (secondary N) is 1. The third kappa shape index (κ3) is 5.79. The topological polar surface area (TPSA) is 65.8 Å². The number of halogens is 1. The number of carbonyl (C=O) groups is 1. The van der Waals surface area contributed by atoms with E-state index >= 15 is 0 Å². The van der Waals surface area contributed by atoms with Gasteiger partial charge in [0.1, 0.15) is 11.1 Å². The third-order valence-corrected chi connectivity index (χ3v) is 7.17. The second kappa shape index (κ2) is 11.4. The summed E-state index contributed by atoms with van der Waals surface area (Å²) in [4.78, 5) is 17.7. The number of nitriles is 1. The van der Waals surface area contributed by atoms with Gasteiger partial charge in [-0.15, -0.1) is 0 Å². The standard InChI is InChI=1S/C30H26ClN3OS/c1-4-21-7-5-6-20(3)29(21)34-28(35)18-36-30-26(17-32)25(22-12-14-24(31)15-13-22)16-27(33-30)23-10-8-19(2)9-11-23/h5-16H,4,18H2,1-3H3,(H,34,35). The quantitative estimate of drug-likeness (QED) is 0.256. The van der Waals surface area contributed by atoms with Crippen molar-refractivity contribution in [2.75, 3.05) is 11.1 Å². The number of anilines is 1. The Hall–Kier alpha value is -3.59. The van der Waals surface area contributed by atoms with Gasteiger partial charge in [0, 0.05) is 21.8 Å². The fraction of sp³-hybridized carbons (Fsp3) is 0.167. The number of aromatic nitrogens is 1. The number of aryl methyl sites for hydroxylation is 3. The van der Waals surface area contributed by atoms with E-state index in [9.17, 15) is 10.1 Å². The molecule has 4 rings (SSSR count). The molecule has 0 bridgehead atoms. The Morgan fingerprint density at radius 1 is 1.03 bits per heavy atom. The van der Waals surface area contributed by atoms with Crippen LogP contribution in [0, 0.1) is 25.2 Å². The summed E-state index contributed by atoms with van der Waals surface area (Å²) >= 11 is 7.37. The number of thioether (sulfide) groups is 1. The molecule has 4 aromatic rings. The third-order valence-electron chi connectivity index (χ3n) is 5.95. The van der Waals surface area contributed by atoms with Crippen LogP contribution in [0.2, 0.25) is 5.02 Å². The Labute approximate surface area is 221 Å². The molecule has 1 heterocycles. The lowest BCUT2D eigenvalue weighted by Gasteiger charge is -2.14. The lowest BCUT2D eigenvalue weighted by atomic mass is 9.99. The van der Waals surface area contributed by atoms with E-state index in [-0.39, 0.29) is 11.7 Å². The first-order valence-corrected chi connectivity index (χ1v) is 13.0. The lowest BCUT2D eigenvalue weighted by molar-refractivity contribution is -0.113. The predicted octanol–water partition coefficient (Wildman–Crippen LogP) is 7.85. The largest absolute Gasteiger partial charge is 0.325 e. The number of hydrogen-bond donors (Lipinski definition) is 1. The van der Waals surface area contributed by atoms with Crippen molar-refractivity contribution in [3.63, 3.8) is 0 Å². The Morgan fingerprint density at radius 3 is 2.39 bits per heavy atom. The van der Waals surface area contributed by atoms with Crippen molar-refractivity contribution in [3.8, 4) is 28.5 Å². The molecule has 36 heavy (non-hydrogen) atoms. The van der Waals surface area contributed by atoms with E-state index in [2.05, 4.69) is 18.3 Å². The molecule has 180 valence electrons. The predicted molar refractivity (Wildman–Crippen MR) is 149 cm³/mol. The van der Waals surface area contributed by atoms with Crippen LogP contribution in [0.1, 0.15) is 29.2 Å². The van der Waals surface area contributed by atoms with Gasteiger partial charge in [-0.05, 0) is 55.2 Å². The fourth-order valence-electron chi connectivity index (χ4n) is 3.97. The average molecular weight is 512 g/mol. The Balaban J connectivity index is 1.70. The maximum absolute atomic E-state index is 12.9. The van der Waals surface area contributed by atoms with Gasteiger partial charge in [-0.25, -0.2) is 4.98 Å². The highest BCUT2D eigenvalue weighted by Gasteiger charge is 2.18. The summed E-state index contributed by atoms with van der Waals surface area (Å²) in [5, 5.41) is 14.3. The normalized spacial score (nSPS) is 10.6. The number of carbonyl (C=O) groups excluding carboxylic acids is 1. The van der Waals surface area contributed by atoms with E-state index in [1.807, 2.05) is 74.5 Å². The maximum Gasteiger partial charge on any atom is 0.234 e. The molecule has 4 nitrogen and oxygen atoms in total. The molecule has 0 spiro atoms. The molecule has 0 radical (unpaired) electrons. The minimum absolute atomic E-state index is 0.135. The zero-order valence-corrected chi connectivity index (χ0v) is 22.0. The van der Waals surface area contributed by atoms with Gasteiger partial charge >= 0.3 is 0 Å². The van der Waals surface area contributed by atoms with Crippen LogP contribution in [0.4, 0.5) is 5.69 Å². The summed E-state index contributed by atoms with van der Waals surface area (Å²) in [5.41, 5.74) is 7.88. The van der Waals surface area contributed by atoms with E-state index in [1.165, 1.54) is 11.8 Å². The molecule has 0 aliphatic rings. The van der Waals surface area contributed by atoms with Gasteiger partial charge in [0.05, 0.1) is 17.0 Å². The molecule has 3 aromatic carbocycles. The van der Waals surface area contributed by atoms with Gasteiger partial charge in [-0.2, -0.15) is 5.26 Å². The van der Waals surface area contributed by atoms with Gasteiger partial charge < -0.3 is 5.32 Å². The highest BCUT2D eigenvalue weighted by Crippen LogP contribution is 2.35. The lowest BCUT2D eigenvalue weighted by Crippen LogP contribution is -2.16. The number of nitrogens with zero attached hydrogens (tertiary/aromatic N) is 2. The first-order chi connectivity index (χ1) is 17.4. The van der Waals surface area contributed by atoms with Crippen LogP contribution in [-0.2, 0) is 11.2 Å². The monoisotopic (exact) mass is 511 g/mol. The van der Waals surface area contributed by atoms with Gasteiger partial charge in [-0.3, -0.25) is 4.79 Å². The Kier molecular flexibility index (Phi) is 8.10. The highest BCUT2D eigenvalue weighted by atomic mass is 35.5. The minimum Gasteiger partial charge on any atom is -0.325 e. The SMILES string of the molecule is CCc1cccc(C)c1NC(=O)CSc1nc(-c2ccc(C)cc2)cc(-c2ccc(Cl)cc2)c1C#N. The second-order valence-corrected chi connectivity index (χ2v) is 9.92. The minimum atomic E-state index is -0.136. The molecule has 0 unspecified atom stereocenters. The van der Waals surface area contributed by atoms with Crippen LogP contribution in [0.15, 0.2) is 77.8 Å². The van der Waals surface area contributed by atoms with E-state index in [0.717, 1.165) is 51.2 Å². The summed E-state index contributed by atoms with van der Waals surface area (Å²) in [6.07, 6.45) is 0.827. The summed E-state index contributed by atoms with van der Waals surface area (Å²) in [7, 11) is 0. The van der Waals surface area contributed by atoms with E-state index in [4.69, 9.17) is 16.6 Å². The van der Waals surface area contributed by atoms with E-state index < -0.39 is 0 Å². The van der Waals surface area contributed by atoms with Crippen molar-refractivity contribution < 1.29 is 4.79 Å². The molecular formula is C30H26ClN3OS. The smallest absolute Gasteiger partial charge is 0.234 e. The molecular weight excluding hydrogens is 486 g/mol. The van der Waals surface area contributed by atoms with Crippen molar-refractivity contribution in [3.05, 3.63) is 100 Å². The van der Waals surface area contributed by atoms with Crippen LogP contribution >= 0.6 is 23.4 Å². The maximum atomic E-state index is 12.9. The molecule has 1 amide bonds.